The Morgan fingerprint density at radius 3 is 2.40 bits per heavy atom. The molecule has 2 aliphatic heterocycles. The summed E-state index contributed by atoms with van der Waals surface area (Å²) < 4.78 is 10.9. The first-order valence-corrected chi connectivity index (χ1v) is 13.0. The van der Waals surface area contributed by atoms with Crippen molar-refractivity contribution in [1.82, 2.24) is 5.32 Å². The fourth-order valence-corrected chi connectivity index (χ4v) is 5.60. The Labute approximate surface area is 207 Å². The summed E-state index contributed by atoms with van der Waals surface area (Å²) in [6.07, 6.45) is 8.10. The number of benzene rings is 1. The molecule has 1 saturated heterocycles. The first kappa shape index (κ1) is 25.5. The second-order valence-electron chi connectivity index (χ2n) is 11.1. The topological polar surface area (TPSA) is 106 Å². The number of amides is 3. The molecule has 8 nitrogen and oxygen atoms in total. The lowest BCUT2D eigenvalue weighted by atomic mass is 9.75. The Bertz CT molecular complexity index is 941. The van der Waals surface area contributed by atoms with Gasteiger partial charge in [0.25, 0.3) is 0 Å². The molecule has 1 aromatic carbocycles. The summed E-state index contributed by atoms with van der Waals surface area (Å²) in [5, 5.41) is 8.86. The molecule has 1 aliphatic carbocycles. The molecule has 3 amide bonds. The largest absolute Gasteiger partial charge is 0.444 e. The zero-order chi connectivity index (χ0) is 25.1. The zero-order valence-corrected chi connectivity index (χ0v) is 21.2. The van der Waals surface area contributed by atoms with Crippen LogP contribution in [-0.2, 0) is 24.5 Å². The van der Waals surface area contributed by atoms with Crippen molar-refractivity contribution in [2.45, 2.75) is 95.6 Å². The van der Waals surface area contributed by atoms with Gasteiger partial charge in [0.05, 0.1) is 5.41 Å². The lowest BCUT2D eigenvalue weighted by molar-refractivity contribution is -0.124. The van der Waals surface area contributed by atoms with Crippen LogP contribution in [0.5, 0.6) is 0 Å². The first-order valence-electron chi connectivity index (χ1n) is 13.0. The van der Waals surface area contributed by atoms with Gasteiger partial charge in [-0.2, -0.15) is 0 Å². The fourth-order valence-electron chi connectivity index (χ4n) is 5.60. The van der Waals surface area contributed by atoms with Gasteiger partial charge in [0, 0.05) is 24.6 Å². The highest BCUT2D eigenvalue weighted by Gasteiger charge is 2.47. The molecule has 1 aromatic rings. The van der Waals surface area contributed by atoms with Gasteiger partial charge in [0.15, 0.2) is 0 Å². The van der Waals surface area contributed by atoms with E-state index in [0.717, 1.165) is 49.8 Å². The summed E-state index contributed by atoms with van der Waals surface area (Å²) in [4.78, 5) is 38.9. The van der Waals surface area contributed by atoms with Gasteiger partial charge in [-0.3, -0.25) is 9.59 Å². The van der Waals surface area contributed by atoms with Gasteiger partial charge in [-0.25, -0.2) is 4.79 Å². The average molecular weight is 486 g/mol. The van der Waals surface area contributed by atoms with E-state index >= 15 is 0 Å². The molecule has 8 heteroatoms. The number of alkyl carbamates (subject to hydrolysis) is 1. The lowest BCUT2D eigenvalue weighted by Crippen LogP contribution is -2.50. The van der Waals surface area contributed by atoms with Gasteiger partial charge < -0.3 is 25.4 Å². The van der Waals surface area contributed by atoms with Crippen molar-refractivity contribution in [3.8, 4) is 0 Å². The van der Waals surface area contributed by atoms with Crippen LogP contribution in [-0.4, -0.2) is 42.8 Å². The molecule has 1 spiro atoms. The van der Waals surface area contributed by atoms with Crippen LogP contribution in [0.4, 0.5) is 16.2 Å². The van der Waals surface area contributed by atoms with Crippen LogP contribution >= 0.6 is 0 Å². The van der Waals surface area contributed by atoms with Gasteiger partial charge in [0.1, 0.15) is 11.6 Å². The number of ether oxygens (including phenoxy) is 2. The third-order valence-corrected chi connectivity index (χ3v) is 7.41. The molecule has 2 fully saturated rings. The third kappa shape index (κ3) is 5.97. The number of carbonyl (C=O) groups excluding carboxylic acids is 3. The SMILES string of the molecule is CC(C)(C)OC(=O)N[C@H](C(=O)Nc1ccc2c(c1)NC(=O)C21CCOCC1)C1CCCCCCC1. The molecule has 0 radical (unpaired) electrons. The van der Waals surface area contributed by atoms with Crippen LogP contribution in [0.1, 0.15) is 84.1 Å². The van der Waals surface area contributed by atoms with Crippen LogP contribution in [0, 0.1) is 5.92 Å². The minimum atomic E-state index is -0.687. The van der Waals surface area contributed by atoms with E-state index in [2.05, 4.69) is 16.0 Å². The van der Waals surface area contributed by atoms with Crippen LogP contribution in [0.2, 0.25) is 0 Å². The molecule has 3 N–H and O–H groups in total. The van der Waals surface area contributed by atoms with Gasteiger partial charge >= 0.3 is 6.09 Å². The van der Waals surface area contributed by atoms with Crippen molar-refractivity contribution in [3.63, 3.8) is 0 Å². The zero-order valence-electron chi connectivity index (χ0n) is 21.2. The molecule has 0 bridgehead atoms. The summed E-state index contributed by atoms with van der Waals surface area (Å²) in [6.45, 7) is 6.54. The number of carbonyl (C=O) groups is 3. The summed E-state index contributed by atoms with van der Waals surface area (Å²) in [5.41, 5.74) is 1.10. The van der Waals surface area contributed by atoms with Gasteiger partial charge in [-0.05, 0) is 70.1 Å². The highest BCUT2D eigenvalue weighted by atomic mass is 16.6. The number of anilines is 2. The fraction of sp³-hybridized carbons (Fsp3) is 0.667. The molecule has 1 atom stereocenters. The summed E-state index contributed by atoms with van der Waals surface area (Å²) in [7, 11) is 0. The quantitative estimate of drug-likeness (QED) is 0.564. The van der Waals surface area contributed by atoms with Crippen molar-refractivity contribution >= 4 is 29.3 Å². The smallest absolute Gasteiger partial charge is 0.408 e. The molecule has 0 unspecified atom stereocenters. The number of hydrogen-bond donors (Lipinski definition) is 3. The molecule has 4 rings (SSSR count). The Morgan fingerprint density at radius 2 is 1.74 bits per heavy atom. The normalized spacial score (nSPS) is 21.3. The van der Waals surface area contributed by atoms with Crippen molar-refractivity contribution < 1.29 is 23.9 Å². The molecular weight excluding hydrogens is 446 g/mol. The predicted octanol–water partition coefficient (Wildman–Crippen LogP) is 4.88. The highest BCUT2D eigenvalue weighted by molar-refractivity contribution is 6.07. The van der Waals surface area contributed by atoms with Crippen LogP contribution in [0.25, 0.3) is 0 Å². The summed E-state index contributed by atoms with van der Waals surface area (Å²) in [6, 6.07) is 4.91. The highest BCUT2D eigenvalue weighted by Crippen LogP contribution is 2.45. The summed E-state index contributed by atoms with van der Waals surface area (Å²) >= 11 is 0. The van der Waals surface area contributed by atoms with Crippen LogP contribution in [0.15, 0.2) is 18.2 Å². The third-order valence-electron chi connectivity index (χ3n) is 7.41. The standard InChI is InChI=1S/C27H39N3O5/c1-26(2,3)35-25(33)30-22(18-9-7-5-4-6-8-10-18)23(31)28-19-11-12-20-21(17-19)29-24(32)27(20)13-15-34-16-14-27/h11-12,17-18,22H,4-10,13-16H2,1-3H3,(H,28,31)(H,29,32)(H,30,33)/t22-/m0/s1. The monoisotopic (exact) mass is 485 g/mol. The lowest BCUT2D eigenvalue weighted by Gasteiger charge is -2.31. The van der Waals surface area contributed by atoms with E-state index < -0.39 is 23.2 Å². The first-order chi connectivity index (χ1) is 16.7. The van der Waals surface area contributed by atoms with Gasteiger partial charge in [0.2, 0.25) is 11.8 Å². The Kier molecular flexibility index (Phi) is 7.69. The van der Waals surface area contributed by atoms with E-state index in [0.29, 0.717) is 31.7 Å². The molecular formula is C27H39N3O5. The second-order valence-corrected chi connectivity index (χ2v) is 11.1. The molecule has 0 aromatic heterocycles. The average Bonchev–Trinajstić information content (AvgIpc) is 3.02. The number of hydrogen-bond acceptors (Lipinski definition) is 5. The van der Waals surface area contributed by atoms with Crippen LogP contribution in [0.3, 0.4) is 0 Å². The Hall–Kier alpha value is -2.61. The molecule has 35 heavy (non-hydrogen) atoms. The van der Waals surface area contributed by atoms with Gasteiger partial charge in [-0.15, -0.1) is 0 Å². The second kappa shape index (κ2) is 10.6. The minimum Gasteiger partial charge on any atom is -0.444 e. The van der Waals surface area contributed by atoms with Crippen molar-refractivity contribution in [3.05, 3.63) is 23.8 Å². The maximum atomic E-state index is 13.5. The van der Waals surface area contributed by atoms with E-state index in [1.165, 1.54) is 6.42 Å². The van der Waals surface area contributed by atoms with Crippen molar-refractivity contribution in [1.29, 1.82) is 0 Å². The van der Waals surface area contributed by atoms with Crippen molar-refractivity contribution in [2.24, 2.45) is 5.92 Å². The maximum absolute atomic E-state index is 13.5. The number of fused-ring (bicyclic) bond motifs is 2. The molecule has 3 aliphatic rings. The maximum Gasteiger partial charge on any atom is 0.408 e. The molecule has 192 valence electrons. The summed E-state index contributed by atoms with van der Waals surface area (Å²) in [5.74, 6) is -0.216. The number of rotatable bonds is 4. The van der Waals surface area contributed by atoms with Crippen molar-refractivity contribution in [2.75, 3.05) is 23.8 Å². The van der Waals surface area contributed by atoms with E-state index in [1.807, 2.05) is 39.0 Å². The van der Waals surface area contributed by atoms with E-state index in [4.69, 9.17) is 9.47 Å². The molecule has 1 saturated carbocycles. The van der Waals surface area contributed by atoms with Crippen LogP contribution < -0.4 is 16.0 Å². The number of nitrogens with one attached hydrogen (secondary N) is 3. The minimum absolute atomic E-state index is 0.00161. The van der Waals surface area contributed by atoms with E-state index in [9.17, 15) is 14.4 Å². The Morgan fingerprint density at radius 1 is 1.09 bits per heavy atom. The van der Waals surface area contributed by atoms with E-state index in [-0.39, 0.29) is 17.7 Å². The van der Waals surface area contributed by atoms with E-state index in [1.54, 1.807) is 0 Å². The molecule has 2 heterocycles. The predicted molar refractivity (Wildman–Crippen MR) is 134 cm³/mol. The van der Waals surface area contributed by atoms with Gasteiger partial charge in [-0.1, -0.05) is 38.2 Å². The Balaban J connectivity index is 1.51.